The Morgan fingerprint density at radius 3 is 2.43 bits per heavy atom. The number of rotatable bonds is 4. The zero-order valence-electron chi connectivity index (χ0n) is 7.73. The van der Waals surface area contributed by atoms with Gasteiger partial charge >= 0.3 is 5.97 Å². The Labute approximate surface area is 81.6 Å². The van der Waals surface area contributed by atoms with E-state index in [0.29, 0.717) is 6.41 Å². The molecule has 4 nitrogen and oxygen atoms in total. The maximum Gasteiger partial charge on any atom is 0.335 e. The molecule has 1 aromatic rings. The van der Waals surface area contributed by atoms with Crippen molar-refractivity contribution in [2.75, 3.05) is 0 Å². The number of carbonyl (C=O) groups is 2. The molecule has 4 heteroatoms. The Bertz CT molecular complexity index is 332. The highest BCUT2D eigenvalue weighted by Crippen LogP contribution is 2.12. The number of nitrogens with one attached hydrogen (secondary N) is 1. The lowest BCUT2D eigenvalue weighted by Gasteiger charge is -2.09. The van der Waals surface area contributed by atoms with Gasteiger partial charge in [0.2, 0.25) is 6.41 Å². The first kappa shape index (κ1) is 10.2. The zero-order chi connectivity index (χ0) is 10.6. The second-order valence-corrected chi connectivity index (χ2v) is 2.93. The van der Waals surface area contributed by atoms with E-state index >= 15 is 0 Å². The third-order valence-corrected chi connectivity index (χ3v) is 1.98. The van der Waals surface area contributed by atoms with Gasteiger partial charge in [0.25, 0.3) is 0 Å². The Kier molecular flexibility index (Phi) is 3.23. The van der Waals surface area contributed by atoms with E-state index in [4.69, 9.17) is 5.11 Å². The topological polar surface area (TPSA) is 66.4 Å². The van der Waals surface area contributed by atoms with Crippen LogP contribution in [0.4, 0.5) is 0 Å². The molecular weight excluding hydrogens is 182 g/mol. The van der Waals surface area contributed by atoms with Gasteiger partial charge < -0.3 is 10.4 Å². The molecule has 1 atom stereocenters. The second-order valence-electron chi connectivity index (χ2n) is 2.93. The first-order chi connectivity index (χ1) is 6.65. The molecule has 0 fully saturated rings. The summed E-state index contributed by atoms with van der Waals surface area (Å²) in [5, 5.41) is 11.2. The quantitative estimate of drug-likeness (QED) is 0.706. The largest absolute Gasteiger partial charge is 0.478 e. The third kappa shape index (κ3) is 2.32. The van der Waals surface area contributed by atoms with Gasteiger partial charge in [-0.2, -0.15) is 0 Å². The van der Waals surface area contributed by atoms with Crippen LogP contribution in [-0.2, 0) is 4.79 Å². The predicted molar refractivity (Wildman–Crippen MR) is 51.0 cm³/mol. The number of aromatic carboxylic acids is 1. The Hall–Kier alpha value is -1.84. The molecule has 74 valence electrons. The van der Waals surface area contributed by atoms with Gasteiger partial charge in [-0.1, -0.05) is 12.1 Å². The van der Waals surface area contributed by atoms with Crippen LogP contribution in [0.1, 0.15) is 28.9 Å². The van der Waals surface area contributed by atoms with Gasteiger partial charge in [-0.05, 0) is 24.6 Å². The molecule has 0 aliphatic heterocycles. The predicted octanol–water partition coefficient (Wildman–Crippen LogP) is 1.19. The van der Waals surface area contributed by atoms with E-state index in [1.54, 1.807) is 12.1 Å². The van der Waals surface area contributed by atoms with Crippen molar-refractivity contribution < 1.29 is 14.7 Å². The average molecular weight is 193 g/mol. The molecule has 1 amide bonds. The average Bonchev–Trinajstić information content (AvgIpc) is 2.18. The molecule has 0 heterocycles. The van der Waals surface area contributed by atoms with E-state index in [1.165, 1.54) is 12.1 Å². The summed E-state index contributed by atoms with van der Waals surface area (Å²) in [6.07, 6.45) is 0.621. The van der Waals surface area contributed by atoms with E-state index in [-0.39, 0.29) is 11.6 Å². The smallest absolute Gasteiger partial charge is 0.335 e. The summed E-state index contributed by atoms with van der Waals surface area (Å²) in [5.74, 6) is -0.951. The van der Waals surface area contributed by atoms with E-state index < -0.39 is 5.97 Å². The van der Waals surface area contributed by atoms with Crippen molar-refractivity contribution in [3.8, 4) is 0 Å². The van der Waals surface area contributed by atoms with Crippen LogP contribution in [0.25, 0.3) is 0 Å². The molecule has 1 aromatic carbocycles. The van der Waals surface area contributed by atoms with Crippen LogP contribution in [-0.4, -0.2) is 17.5 Å². The molecule has 0 saturated heterocycles. The monoisotopic (exact) mass is 193 g/mol. The minimum absolute atomic E-state index is 0.102. The molecule has 0 aliphatic carbocycles. The molecule has 1 rings (SSSR count). The van der Waals surface area contributed by atoms with Crippen LogP contribution < -0.4 is 5.32 Å². The van der Waals surface area contributed by atoms with Gasteiger partial charge in [0, 0.05) is 0 Å². The van der Waals surface area contributed by atoms with Crippen molar-refractivity contribution >= 4 is 12.4 Å². The Morgan fingerprint density at radius 1 is 1.43 bits per heavy atom. The Morgan fingerprint density at radius 2 is 2.00 bits per heavy atom. The standard InChI is InChI=1S/C10H11NO3/c1-7(11-6-12)8-2-4-9(5-3-8)10(13)14/h2-7H,1H3,(H,11,12)(H,13,14)/t7-/m0/s1. The molecule has 0 bridgehead atoms. The second kappa shape index (κ2) is 4.41. The van der Waals surface area contributed by atoms with Gasteiger partial charge in [-0.3, -0.25) is 4.79 Å². The highest BCUT2D eigenvalue weighted by atomic mass is 16.4. The van der Waals surface area contributed by atoms with Gasteiger partial charge in [-0.15, -0.1) is 0 Å². The first-order valence-electron chi connectivity index (χ1n) is 4.18. The number of amides is 1. The summed E-state index contributed by atoms with van der Waals surface area (Å²) < 4.78 is 0. The summed E-state index contributed by atoms with van der Waals surface area (Å²) in [5.41, 5.74) is 1.12. The molecule has 0 aliphatic rings. The molecule has 0 radical (unpaired) electrons. The molecular formula is C10H11NO3. The molecule has 0 unspecified atom stereocenters. The van der Waals surface area contributed by atoms with Gasteiger partial charge in [0.05, 0.1) is 11.6 Å². The number of carboxylic acids is 1. The highest BCUT2D eigenvalue weighted by Gasteiger charge is 2.05. The lowest BCUT2D eigenvalue weighted by Crippen LogP contribution is -2.16. The molecule has 0 saturated carbocycles. The number of carbonyl (C=O) groups excluding carboxylic acids is 1. The molecule has 0 spiro atoms. The van der Waals surface area contributed by atoms with E-state index in [2.05, 4.69) is 5.32 Å². The van der Waals surface area contributed by atoms with Crippen molar-refractivity contribution in [3.05, 3.63) is 35.4 Å². The Balaban J connectivity index is 2.82. The summed E-state index contributed by atoms with van der Waals surface area (Å²) in [6.45, 7) is 1.82. The lowest BCUT2D eigenvalue weighted by atomic mass is 10.1. The molecule has 14 heavy (non-hydrogen) atoms. The SMILES string of the molecule is C[C@H](NC=O)c1ccc(C(=O)O)cc1. The van der Waals surface area contributed by atoms with Crippen LogP contribution in [0.15, 0.2) is 24.3 Å². The minimum atomic E-state index is -0.951. The van der Waals surface area contributed by atoms with Gasteiger partial charge in [-0.25, -0.2) is 4.79 Å². The van der Waals surface area contributed by atoms with Crippen LogP contribution in [0.5, 0.6) is 0 Å². The summed E-state index contributed by atoms with van der Waals surface area (Å²) in [4.78, 5) is 20.7. The van der Waals surface area contributed by atoms with E-state index in [0.717, 1.165) is 5.56 Å². The fourth-order valence-corrected chi connectivity index (χ4v) is 1.11. The van der Waals surface area contributed by atoms with Crippen molar-refractivity contribution in [2.24, 2.45) is 0 Å². The van der Waals surface area contributed by atoms with Crippen LogP contribution in [0, 0.1) is 0 Å². The van der Waals surface area contributed by atoms with Crippen molar-refractivity contribution in [3.63, 3.8) is 0 Å². The van der Waals surface area contributed by atoms with E-state index in [9.17, 15) is 9.59 Å². The third-order valence-electron chi connectivity index (χ3n) is 1.98. The van der Waals surface area contributed by atoms with E-state index in [1.807, 2.05) is 6.92 Å². The summed E-state index contributed by atoms with van der Waals surface area (Å²) >= 11 is 0. The summed E-state index contributed by atoms with van der Waals surface area (Å²) in [6, 6.07) is 6.30. The zero-order valence-corrected chi connectivity index (χ0v) is 7.73. The maximum absolute atomic E-state index is 10.5. The van der Waals surface area contributed by atoms with Crippen molar-refractivity contribution in [2.45, 2.75) is 13.0 Å². The van der Waals surface area contributed by atoms with Gasteiger partial charge in [0.1, 0.15) is 0 Å². The highest BCUT2D eigenvalue weighted by molar-refractivity contribution is 5.87. The number of hydrogen-bond donors (Lipinski definition) is 2. The van der Waals surface area contributed by atoms with Crippen LogP contribution in [0.2, 0.25) is 0 Å². The number of carboxylic acid groups (broad SMARTS) is 1. The summed E-state index contributed by atoms with van der Waals surface area (Å²) in [7, 11) is 0. The van der Waals surface area contributed by atoms with Crippen molar-refractivity contribution in [1.82, 2.24) is 5.32 Å². The van der Waals surface area contributed by atoms with Crippen molar-refractivity contribution in [1.29, 1.82) is 0 Å². The molecule has 0 aromatic heterocycles. The lowest BCUT2D eigenvalue weighted by molar-refractivity contribution is -0.110. The number of hydrogen-bond acceptors (Lipinski definition) is 2. The number of benzene rings is 1. The molecule has 2 N–H and O–H groups in total. The fraction of sp³-hybridized carbons (Fsp3) is 0.200. The van der Waals surface area contributed by atoms with Crippen LogP contribution >= 0.6 is 0 Å². The first-order valence-corrected chi connectivity index (χ1v) is 4.18. The van der Waals surface area contributed by atoms with Gasteiger partial charge in [0.15, 0.2) is 0 Å². The normalized spacial score (nSPS) is 11.8. The maximum atomic E-state index is 10.5. The van der Waals surface area contributed by atoms with Crippen LogP contribution in [0.3, 0.4) is 0 Å². The fourth-order valence-electron chi connectivity index (χ4n) is 1.11. The minimum Gasteiger partial charge on any atom is -0.478 e.